The summed E-state index contributed by atoms with van der Waals surface area (Å²) in [6, 6.07) is 10.4. The van der Waals surface area contributed by atoms with Crippen LogP contribution in [0.25, 0.3) is 27.9 Å². The Labute approximate surface area is 173 Å². The fourth-order valence-corrected chi connectivity index (χ4v) is 3.73. The van der Waals surface area contributed by atoms with Gasteiger partial charge in [0, 0.05) is 53.0 Å². The molecule has 30 heavy (non-hydrogen) atoms. The normalized spacial score (nSPS) is 19.1. The minimum atomic E-state index is -1.03. The quantitative estimate of drug-likeness (QED) is 0.347. The number of nitrogen functional groups attached to an aromatic ring is 1. The first-order valence-electron chi connectivity index (χ1n) is 9.42. The van der Waals surface area contributed by atoms with Crippen LogP contribution in [-0.4, -0.2) is 24.3 Å². The van der Waals surface area contributed by atoms with Crippen molar-refractivity contribution in [2.45, 2.75) is 6.92 Å². The van der Waals surface area contributed by atoms with Gasteiger partial charge in [0.2, 0.25) is 0 Å². The largest absolute Gasteiger partial charge is 0.478 e. The molecule has 1 aliphatic heterocycles. The van der Waals surface area contributed by atoms with Gasteiger partial charge >= 0.3 is 5.97 Å². The lowest BCUT2D eigenvalue weighted by molar-refractivity contribution is -0.132. The fourth-order valence-electron chi connectivity index (χ4n) is 3.73. The second kappa shape index (κ2) is 7.15. The Bertz CT molecular complexity index is 1330. The molecule has 1 aromatic rings. The lowest BCUT2D eigenvalue weighted by Gasteiger charge is -2.17. The van der Waals surface area contributed by atoms with Crippen molar-refractivity contribution in [3.05, 3.63) is 77.2 Å². The van der Waals surface area contributed by atoms with E-state index in [1.165, 1.54) is 0 Å². The number of nitrogens with one attached hydrogen (secondary N) is 1. The van der Waals surface area contributed by atoms with Crippen LogP contribution >= 0.6 is 0 Å². The van der Waals surface area contributed by atoms with Gasteiger partial charge in [0.05, 0.1) is 10.9 Å². The molecule has 0 radical (unpaired) electrons. The first kappa shape index (κ1) is 19.4. The Hall–Kier alpha value is -3.93. The molecular weight excluding hydrogens is 378 g/mol. The Balaban J connectivity index is 2.14. The number of anilines is 1. The van der Waals surface area contributed by atoms with E-state index in [0.717, 1.165) is 16.5 Å². The summed E-state index contributed by atoms with van der Waals surface area (Å²) in [6.07, 6.45) is 8.97. The Morgan fingerprint density at radius 2 is 1.97 bits per heavy atom. The predicted octanol–water partition coefficient (Wildman–Crippen LogP) is 4.27. The molecule has 4 rings (SSSR count). The summed E-state index contributed by atoms with van der Waals surface area (Å²) in [5.41, 5.74) is 8.68. The molecule has 1 aromatic carbocycles. The molecule has 1 unspecified atom stereocenters. The number of aliphatic carboxylic acids is 1. The molecule has 0 aromatic heterocycles. The number of nitrogens with two attached hydrogens (primary N) is 1. The van der Waals surface area contributed by atoms with E-state index in [9.17, 15) is 9.90 Å². The zero-order valence-electron chi connectivity index (χ0n) is 16.6. The summed E-state index contributed by atoms with van der Waals surface area (Å²) in [5, 5.41) is 19.0. The van der Waals surface area contributed by atoms with Gasteiger partial charge < -0.3 is 20.7 Å². The number of carboxylic acids is 1. The van der Waals surface area contributed by atoms with Gasteiger partial charge in [-0.15, -0.1) is 0 Å². The molecule has 6 heteroatoms. The third-order valence-corrected chi connectivity index (χ3v) is 5.16. The van der Waals surface area contributed by atoms with Crippen LogP contribution in [0.3, 0.4) is 0 Å². The minimum Gasteiger partial charge on any atom is -0.478 e. The van der Waals surface area contributed by atoms with Crippen molar-refractivity contribution in [2.24, 2.45) is 10.4 Å². The molecule has 0 saturated heterocycles. The summed E-state index contributed by atoms with van der Waals surface area (Å²) in [5.74, 6) is -0.536. The van der Waals surface area contributed by atoms with Crippen LogP contribution in [0.4, 0.5) is 5.69 Å². The summed E-state index contributed by atoms with van der Waals surface area (Å²) < 4.78 is 6.01. The summed E-state index contributed by atoms with van der Waals surface area (Å²) in [7, 11) is 1.69. The lowest BCUT2D eigenvalue weighted by atomic mass is 9.89. The van der Waals surface area contributed by atoms with E-state index in [0.29, 0.717) is 28.0 Å². The Kier molecular flexibility index (Phi) is 4.62. The molecule has 3 aliphatic rings. The van der Waals surface area contributed by atoms with Gasteiger partial charge in [0.15, 0.2) is 0 Å². The van der Waals surface area contributed by atoms with Crippen LogP contribution in [0.1, 0.15) is 12.5 Å². The van der Waals surface area contributed by atoms with Gasteiger partial charge in [-0.3, -0.25) is 4.99 Å². The zero-order valence-corrected chi connectivity index (χ0v) is 16.6. The maximum atomic E-state index is 12.2. The Morgan fingerprint density at radius 1 is 1.20 bits per heavy atom. The first-order valence-corrected chi connectivity index (χ1v) is 9.42. The maximum absolute atomic E-state index is 12.2. The van der Waals surface area contributed by atoms with Crippen molar-refractivity contribution in [1.29, 1.82) is 5.41 Å². The number of allylic oxidation sites excluding steroid dienone is 4. The molecule has 0 spiro atoms. The van der Waals surface area contributed by atoms with E-state index in [2.05, 4.69) is 4.99 Å². The van der Waals surface area contributed by atoms with E-state index in [1.54, 1.807) is 49.7 Å². The van der Waals surface area contributed by atoms with Crippen molar-refractivity contribution in [2.75, 3.05) is 12.8 Å². The number of carbonyl (C=O) groups is 1. The van der Waals surface area contributed by atoms with E-state index in [1.807, 2.05) is 31.2 Å². The highest BCUT2D eigenvalue weighted by Crippen LogP contribution is 2.41. The van der Waals surface area contributed by atoms with Gasteiger partial charge in [-0.2, -0.15) is 0 Å². The molecule has 0 fully saturated rings. The van der Waals surface area contributed by atoms with Crippen molar-refractivity contribution in [3.63, 3.8) is 0 Å². The summed E-state index contributed by atoms with van der Waals surface area (Å²) in [6.45, 7) is 1.96. The van der Waals surface area contributed by atoms with Crippen LogP contribution in [0.5, 0.6) is 0 Å². The molecule has 4 N–H and O–H groups in total. The standard InChI is InChI=1S/C24H21N3O3/c1-24(13-27-2)9-7-16(17(8-10-24)23(28)29)22-18-5-3-14(25)11-20(18)30-21-12-15(26)4-6-19(21)22/h3-13,25H,26H2,1-2H3,(H,28,29). The number of benzene rings is 2. The van der Waals surface area contributed by atoms with E-state index in [4.69, 9.17) is 15.6 Å². The number of rotatable bonds is 3. The van der Waals surface area contributed by atoms with Crippen LogP contribution < -0.4 is 11.1 Å². The van der Waals surface area contributed by atoms with Crippen molar-refractivity contribution >= 4 is 34.4 Å². The predicted molar refractivity (Wildman–Crippen MR) is 118 cm³/mol. The van der Waals surface area contributed by atoms with Crippen molar-refractivity contribution in [3.8, 4) is 11.3 Å². The maximum Gasteiger partial charge on any atom is 0.336 e. The van der Waals surface area contributed by atoms with Gasteiger partial charge in [-0.05, 0) is 42.8 Å². The molecule has 2 aliphatic carbocycles. The highest BCUT2D eigenvalue weighted by Gasteiger charge is 2.25. The first-order chi connectivity index (χ1) is 14.3. The van der Waals surface area contributed by atoms with E-state index >= 15 is 0 Å². The minimum absolute atomic E-state index is 0.167. The van der Waals surface area contributed by atoms with Crippen LogP contribution in [0.15, 0.2) is 75.7 Å². The topological polar surface area (TPSA) is 113 Å². The van der Waals surface area contributed by atoms with Gasteiger partial charge in [-0.1, -0.05) is 18.2 Å². The highest BCUT2D eigenvalue weighted by molar-refractivity contribution is 6.09. The summed E-state index contributed by atoms with van der Waals surface area (Å²) >= 11 is 0. The number of aliphatic imine (C=N–C) groups is 1. The monoisotopic (exact) mass is 399 g/mol. The van der Waals surface area contributed by atoms with E-state index < -0.39 is 11.4 Å². The molecule has 0 amide bonds. The highest BCUT2D eigenvalue weighted by atomic mass is 16.4. The average Bonchev–Trinajstić information content (AvgIpc) is 2.85. The molecule has 0 saturated carbocycles. The van der Waals surface area contributed by atoms with Crippen LogP contribution in [-0.2, 0) is 4.79 Å². The molecule has 1 heterocycles. The lowest BCUT2D eigenvalue weighted by Crippen LogP contribution is -2.10. The van der Waals surface area contributed by atoms with Gasteiger partial charge in [0.1, 0.15) is 11.3 Å². The van der Waals surface area contributed by atoms with Crippen LogP contribution in [0, 0.1) is 10.8 Å². The SMILES string of the molecule is CN=CC1(C)C=CC(C(=O)O)=C(c2c3ccc(=N)cc-3oc3cc(N)ccc23)C=C1. The average molecular weight is 399 g/mol. The molecule has 6 nitrogen and oxygen atoms in total. The smallest absolute Gasteiger partial charge is 0.336 e. The summed E-state index contributed by atoms with van der Waals surface area (Å²) in [4.78, 5) is 16.3. The second-order valence-corrected chi connectivity index (χ2v) is 7.50. The van der Waals surface area contributed by atoms with Gasteiger partial charge in [0.25, 0.3) is 0 Å². The number of fused-ring (bicyclic) bond motifs is 2. The third kappa shape index (κ3) is 3.33. The number of hydrogen-bond donors (Lipinski definition) is 3. The molecule has 1 atom stereocenters. The molecule has 150 valence electrons. The number of hydrogen-bond acceptors (Lipinski definition) is 5. The van der Waals surface area contributed by atoms with Crippen molar-refractivity contribution < 1.29 is 14.3 Å². The second-order valence-electron chi connectivity index (χ2n) is 7.50. The molecular formula is C24H21N3O3. The fraction of sp³-hybridized carbons (Fsp3) is 0.125. The van der Waals surface area contributed by atoms with E-state index in [-0.39, 0.29) is 5.57 Å². The van der Waals surface area contributed by atoms with Crippen LogP contribution in [0.2, 0.25) is 0 Å². The third-order valence-electron chi connectivity index (χ3n) is 5.16. The van der Waals surface area contributed by atoms with Gasteiger partial charge in [-0.25, -0.2) is 4.79 Å². The molecule has 0 bridgehead atoms. The number of nitrogens with zero attached hydrogens (tertiary/aromatic N) is 1. The zero-order chi connectivity index (χ0) is 21.5. The number of carboxylic acid groups (broad SMARTS) is 1. The Morgan fingerprint density at radius 3 is 2.70 bits per heavy atom. The van der Waals surface area contributed by atoms with Crippen molar-refractivity contribution in [1.82, 2.24) is 0 Å².